The SMILES string of the molecule is Cc1ccc(SNc2cc(C)cc3cccnc23)nc1. The second kappa shape index (κ2) is 5.51. The largest absolute Gasteiger partial charge is 0.322 e. The predicted molar refractivity (Wildman–Crippen MR) is 84.9 cm³/mol. The van der Waals surface area contributed by atoms with Crippen LogP contribution in [0.15, 0.2) is 53.8 Å². The lowest BCUT2D eigenvalue weighted by atomic mass is 10.1. The summed E-state index contributed by atoms with van der Waals surface area (Å²) < 4.78 is 3.36. The van der Waals surface area contributed by atoms with Crippen molar-refractivity contribution in [3.63, 3.8) is 0 Å². The van der Waals surface area contributed by atoms with E-state index in [-0.39, 0.29) is 0 Å². The lowest BCUT2D eigenvalue weighted by Crippen LogP contribution is -1.92. The Morgan fingerprint density at radius 2 is 1.90 bits per heavy atom. The summed E-state index contributed by atoms with van der Waals surface area (Å²) in [4.78, 5) is 8.83. The molecule has 0 unspecified atom stereocenters. The van der Waals surface area contributed by atoms with Crippen LogP contribution in [0.1, 0.15) is 11.1 Å². The summed E-state index contributed by atoms with van der Waals surface area (Å²) in [6, 6.07) is 12.4. The van der Waals surface area contributed by atoms with Gasteiger partial charge in [-0.05, 0) is 49.2 Å². The molecule has 3 nitrogen and oxygen atoms in total. The normalized spacial score (nSPS) is 10.7. The van der Waals surface area contributed by atoms with Crippen molar-refractivity contribution in [2.45, 2.75) is 18.9 Å². The minimum absolute atomic E-state index is 0.946. The molecule has 0 aliphatic heterocycles. The summed E-state index contributed by atoms with van der Waals surface area (Å²) in [7, 11) is 0. The third-order valence-electron chi connectivity index (χ3n) is 3.00. The second-order valence-electron chi connectivity index (χ2n) is 4.77. The number of fused-ring (bicyclic) bond motifs is 1. The molecule has 0 amide bonds. The fraction of sp³-hybridized carbons (Fsp3) is 0.125. The van der Waals surface area contributed by atoms with Gasteiger partial charge in [-0.2, -0.15) is 0 Å². The highest BCUT2D eigenvalue weighted by Gasteiger charge is 2.04. The van der Waals surface area contributed by atoms with Crippen LogP contribution in [0.3, 0.4) is 0 Å². The van der Waals surface area contributed by atoms with E-state index in [2.05, 4.69) is 45.9 Å². The fourth-order valence-electron chi connectivity index (χ4n) is 2.04. The summed E-state index contributed by atoms with van der Waals surface area (Å²) in [5.74, 6) is 0. The van der Waals surface area contributed by atoms with Crippen molar-refractivity contribution < 1.29 is 0 Å². The van der Waals surface area contributed by atoms with Crippen LogP contribution in [0.4, 0.5) is 5.69 Å². The molecule has 0 spiro atoms. The van der Waals surface area contributed by atoms with Crippen molar-refractivity contribution in [2.24, 2.45) is 0 Å². The van der Waals surface area contributed by atoms with E-state index in [9.17, 15) is 0 Å². The van der Waals surface area contributed by atoms with E-state index in [1.807, 2.05) is 31.5 Å². The van der Waals surface area contributed by atoms with Crippen molar-refractivity contribution in [1.82, 2.24) is 9.97 Å². The molecule has 0 aliphatic rings. The number of rotatable bonds is 3. The Hall–Kier alpha value is -2.07. The highest BCUT2D eigenvalue weighted by Crippen LogP contribution is 2.27. The molecule has 4 heteroatoms. The maximum atomic E-state index is 4.45. The van der Waals surface area contributed by atoms with Gasteiger partial charge in [0, 0.05) is 29.7 Å². The van der Waals surface area contributed by atoms with E-state index >= 15 is 0 Å². The number of aryl methyl sites for hydroxylation is 2. The van der Waals surface area contributed by atoms with E-state index < -0.39 is 0 Å². The van der Waals surface area contributed by atoms with Gasteiger partial charge < -0.3 is 4.72 Å². The molecule has 2 heterocycles. The highest BCUT2D eigenvalue weighted by molar-refractivity contribution is 8.00. The number of anilines is 1. The molecule has 0 saturated carbocycles. The van der Waals surface area contributed by atoms with Crippen LogP contribution in [0.2, 0.25) is 0 Å². The molecule has 0 radical (unpaired) electrons. The first-order chi connectivity index (χ1) is 9.72. The minimum atomic E-state index is 0.946. The van der Waals surface area contributed by atoms with Gasteiger partial charge in [-0.3, -0.25) is 4.98 Å². The molecule has 2 aromatic heterocycles. The molecule has 20 heavy (non-hydrogen) atoms. The first-order valence-electron chi connectivity index (χ1n) is 6.43. The van der Waals surface area contributed by atoms with E-state index in [0.29, 0.717) is 0 Å². The van der Waals surface area contributed by atoms with Gasteiger partial charge >= 0.3 is 0 Å². The summed E-state index contributed by atoms with van der Waals surface area (Å²) in [6.07, 6.45) is 3.69. The summed E-state index contributed by atoms with van der Waals surface area (Å²) in [5, 5.41) is 2.09. The standard InChI is InChI=1S/C16H15N3S/c1-11-5-6-15(18-10-11)20-19-14-9-12(2)8-13-4-3-7-17-16(13)14/h3-10,19H,1-2H3. The van der Waals surface area contributed by atoms with Gasteiger partial charge in [0.15, 0.2) is 0 Å². The van der Waals surface area contributed by atoms with Crippen molar-refractivity contribution in [1.29, 1.82) is 0 Å². The monoisotopic (exact) mass is 281 g/mol. The first kappa shape index (κ1) is 12.9. The predicted octanol–water partition coefficient (Wildman–Crippen LogP) is 4.37. The molecule has 0 atom stereocenters. The molecule has 3 aromatic rings. The Balaban J connectivity index is 1.88. The van der Waals surface area contributed by atoms with E-state index in [0.717, 1.165) is 27.2 Å². The molecule has 1 aromatic carbocycles. The maximum absolute atomic E-state index is 4.45. The summed E-state index contributed by atoms with van der Waals surface area (Å²) in [6.45, 7) is 4.12. The zero-order chi connectivity index (χ0) is 13.9. The third-order valence-corrected chi connectivity index (χ3v) is 3.77. The molecule has 0 fully saturated rings. The second-order valence-corrected chi connectivity index (χ2v) is 5.59. The van der Waals surface area contributed by atoms with Crippen molar-refractivity contribution in [2.75, 3.05) is 4.72 Å². The van der Waals surface area contributed by atoms with Crippen molar-refractivity contribution >= 4 is 28.5 Å². The highest BCUT2D eigenvalue weighted by atomic mass is 32.2. The van der Waals surface area contributed by atoms with Crippen LogP contribution >= 0.6 is 11.9 Å². The molecule has 3 rings (SSSR count). The van der Waals surface area contributed by atoms with Crippen LogP contribution in [-0.2, 0) is 0 Å². The Labute approximate surface area is 122 Å². The Kier molecular flexibility index (Phi) is 3.56. The van der Waals surface area contributed by atoms with Gasteiger partial charge in [0.25, 0.3) is 0 Å². The Morgan fingerprint density at radius 1 is 1.00 bits per heavy atom. The number of hydrogen-bond acceptors (Lipinski definition) is 4. The minimum Gasteiger partial charge on any atom is -0.322 e. The maximum Gasteiger partial charge on any atom is 0.117 e. The number of nitrogens with one attached hydrogen (secondary N) is 1. The topological polar surface area (TPSA) is 37.8 Å². The van der Waals surface area contributed by atoms with Gasteiger partial charge in [0.2, 0.25) is 0 Å². The Morgan fingerprint density at radius 3 is 2.70 bits per heavy atom. The van der Waals surface area contributed by atoms with Gasteiger partial charge in [-0.15, -0.1) is 0 Å². The van der Waals surface area contributed by atoms with E-state index in [4.69, 9.17) is 0 Å². The molecular weight excluding hydrogens is 266 g/mol. The van der Waals surface area contributed by atoms with E-state index in [1.54, 1.807) is 0 Å². The zero-order valence-electron chi connectivity index (χ0n) is 11.4. The molecule has 0 saturated heterocycles. The van der Waals surface area contributed by atoms with Gasteiger partial charge in [-0.25, -0.2) is 4.98 Å². The van der Waals surface area contributed by atoms with E-state index in [1.165, 1.54) is 17.5 Å². The third kappa shape index (κ3) is 2.75. The van der Waals surface area contributed by atoms with Crippen molar-refractivity contribution in [3.8, 4) is 0 Å². The molecule has 1 N–H and O–H groups in total. The van der Waals surface area contributed by atoms with Crippen LogP contribution in [0.25, 0.3) is 10.9 Å². The fourth-order valence-corrected chi connectivity index (χ4v) is 2.65. The number of benzene rings is 1. The number of hydrogen-bond donors (Lipinski definition) is 1. The lowest BCUT2D eigenvalue weighted by molar-refractivity contribution is 1.11. The Bertz CT molecular complexity index is 738. The quantitative estimate of drug-likeness (QED) is 0.724. The lowest BCUT2D eigenvalue weighted by Gasteiger charge is -2.09. The average molecular weight is 281 g/mol. The van der Waals surface area contributed by atoms with Crippen LogP contribution < -0.4 is 4.72 Å². The number of pyridine rings is 2. The number of aromatic nitrogens is 2. The zero-order valence-corrected chi connectivity index (χ0v) is 12.2. The molecule has 100 valence electrons. The molecule has 0 bridgehead atoms. The number of nitrogens with zero attached hydrogens (tertiary/aromatic N) is 2. The van der Waals surface area contributed by atoms with Crippen LogP contribution in [-0.4, -0.2) is 9.97 Å². The summed E-state index contributed by atoms with van der Waals surface area (Å²) in [5.41, 5.74) is 4.38. The average Bonchev–Trinajstić information content (AvgIpc) is 2.46. The summed E-state index contributed by atoms with van der Waals surface area (Å²) >= 11 is 1.50. The van der Waals surface area contributed by atoms with Crippen LogP contribution in [0.5, 0.6) is 0 Å². The molecule has 0 aliphatic carbocycles. The smallest absolute Gasteiger partial charge is 0.117 e. The van der Waals surface area contributed by atoms with Gasteiger partial charge in [0.05, 0.1) is 11.2 Å². The molecular formula is C16H15N3S. The van der Waals surface area contributed by atoms with Gasteiger partial charge in [0.1, 0.15) is 5.03 Å². The first-order valence-corrected chi connectivity index (χ1v) is 7.25. The van der Waals surface area contributed by atoms with Crippen molar-refractivity contribution in [3.05, 3.63) is 59.9 Å². The van der Waals surface area contributed by atoms with Gasteiger partial charge in [-0.1, -0.05) is 12.1 Å². The van der Waals surface area contributed by atoms with Crippen LogP contribution in [0, 0.1) is 13.8 Å².